The van der Waals surface area contributed by atoms with Crippen molar-refractivity contribution in [3.63, 3.8) is 0 Å². The number of ether oxygens (including phenoxy) is 2. The van der Waals surface area contributed by atoms with E-state index in [1.54, 1.807) is 42.5 Å². The number of para-hydroxylation sites is 1. The van der Waals surface area contributed by atoms with E-state index in [2.05, 4.69) is 0 Å². The molecule has 98 valence electrons. The number of carbonyl (C=O) groups is 1. The molecule has 0 aromatic heterocycles. The van der Waals surface area contributed by atoms with Gasteiger partial charge in [-0.25, -0.2) is 0 Å². The normalized spacial score (nSPS) is 10.1. The maximum Gasteiger partial charge on any atom is 0.196 e. The third-order valence-corrected chi connectivity index (χ3v) is 3.01. The third-order valence-electron chi connectivity index (χ3n) is 2.75. The summed E-state index contributed by atoms with van der Waals surface area (Å²) in [6, 6.07) is 11.9. The summed E-state index contributed by atoms with van der Waals surface area (Å²) in [7, 11) is 3.05. The minimum atomic E-state index is -0.132. The van der Waals surface area contributed by atoms with Crippen LogP contribution in [0.1, 0.15) is 15.9 Å². The number of hydrogen-bond donors (Lipinski definition) is 0. The molecule has 19 heavy (non-hydrogen) atoms. The summed E-state index contributed by atoms with van der Waals surface area (Å²) in [6.07, 6.45) is 0. The topological polar surface area (TPSA) is 35.5 Å². The van der Waals surface area contributed by atoms with Gasteiger partial charge in [-0.05, 0) is 36.4 Å². The lowest BCUT2D eigenvalue weighted by Gasteiger charge is -2.11. The van der Waals surface area contributed by atoms with Crippen LogP contribution < -0.4 is 9.47 Å². The zero-order chi connectivity index (χ0) is 13.8. The quantitative estimate of drug-likeness (QED) is 0.801. The first kappa shape index (κ1) is 13.4. The lowest BCUT2D eigenvalue weighted by atomic mass is 10.0. The van der Waals surface area contributed by atoms with E-state index in [9.17, 15) is 4.79 Å². The molecule has 0 radical (unpaired) electrons. The zero-order valence-electron chi connectivity index (χ0n) is 10.6. The second-order valence-electron chi connectivity index (χ2n) is 3.88. The van der Waals surface area contributed by atoms with E-state index in [0.29, 0.717) is 27.6 Å². The van der Waals surface area contributed by atoms with Gasteiger partial charge in [0.15, 0.2) is 17.3 Å². The summed E-state index contributed by atoms with van der Waals surface area (Å²) in [4.78, 5) is 12.4. The molecule has 0 spiro atoms. The molecule has 0 N–H and O–H groups in total. The summed E-state index contributed by atoms with van der Waals surface area (Å²) in [5.41, 5.74) is 1.01. The lowest BCUT2D eigenvalue weighted by Crippen LogP contribution is -2.05. The Morgan fingerprint density at radius 1 is 1.00 bits per heavy atom. The van der Waals surface area contributed by atoms with Crippen LogP contribution in [-0.2, 0) is 0 Å². The maximum absolute atomic E-state index is 12.4. The summed E-state index contributed by atoms with van der Waals surface area (Å²) in [6.45, 7) is 0. The van der Waals surface area contributed by atoms with Gasteiger partial charge in [-0.2, -0.15) is 0 Å². The van der Waals surface area contributed by atoms with Gasteiger partial charge in [0.1, 0.15) is 0 Å². The van der Waals surface area contributed by atoms with Gasteiger partial charge in [-0.1, -0.05) is 17.7 Å². The van der Waals surface area contributed by atoms with Crippen LogP contribution in [0, 0.1) is 0 Å². The molecule has 0 bridgehead atoms. The highest BCUT2D eigenvalue weighted by Crippen LogP contribution is 2.32. The van der Waals surface area contributed by atoms with E-state index in [1.807, 2.05) is 0 Å². The van der Waals surface area contributed by atoms with Crippen LogP contribution in [0.3, 0.4) is 0 Å². The second-order valence-corrected chi connectivity index (χ2v) is 4.31. The maximum atomic E-state index is 12.4. The van der Waals surface area contributed by atoms with Gasteiger partial charge in [-0.15, -0.1) is 0 Å². The molecule has 0 amide bonds. The van der Waals surface area contributed by atoms with Crippen molar-refractivity contribution in [3.8, 4) is 11.5 Å². The largest absolute Gasteiger partial charge is 0.493 e. The highest BCUT2D eigenvalue weighted by atomic mass is 35.5. The van der Waals surface area contributed by atoms with Crippen LogP contribution in [0.15, 0.2) is 42.5 Å². The minimum Gasteiger partial charge on any atom is -0.493 e. The van der Waals surface area contributed by atoms with Gasteiger partial charge < -0.3 is 9.47 Å². The molecule has 0 heterocycles. The molecule has 0 aliphatic rings. The third kappa shape index (κ3) is 2.71. The van der Waals surface area contributed by atoms with Gasteiger partial charge in [0.25, 0.3) is 0 Å². The van der Waals surface area contributed by atoms with Gasteiger partial charge in [0, 0.05) is 10.6 Å². The predicted molar refractivity (Wildman–Crippen MR) is 74.4 cm³/mol. The standard InChI is InChI=1S/C15H13ClO3/c1-18-13-5-3-4-12(15(13)19-2)14(17)10-6-8-11(16)9-7-10/h3-9H,1-2H3. The number of methoxy groups -OCH3 is 2. The van der Waals surface area contributed by atoms with Crippen molar-refractivity contribution in [2.45, 2.75) is 0 Å². The Balaban J connectivity index is 2.46. The molecule has 3 nitrogen and oxygen atoms in total. The molecule has 0 saturated carbocycles. The van der Waals surface area contributed by atoms with Crippen molar-refractivity contribution in [2.75, 3.05) is 14.2 Å². The Morgan fingerprint density at radius 2 is 1.68 bits per heavy atom. The molecule has 0 aliphatic carbocycles. The molecule has 2 rings (SSSR count). The van der Waals surface area contributed by atoms with Crippen LogP contribution in [-0.4, -0.2) is 20.0 Å². The molecular weight excluding hydrogens is 264 g/mol. The Hall–Kier alpha value is -2.00. The van der Waals surface area contributed by atoms with E-state index in [-0.39, 0.29) is 5.78 Å². The molecule has 2 aromatic carbocycles. The summed E-state index contributed by atoms with van der Waals surface area (Å²) in [5.74, 6) is 0.833. The first-order valence-corrected chi connectivity index (χ1v) is 6.06. The van der Waals surface area contributed by atoms with Gasteiger partial charge >= 0.3 is 0 Å². The molecule has 0 saturated heterocycles. The zero-order valence-corrected chi connectivity index (χ0v) is 11.4. The van der Waals surface area contributed by atoms with E-state index in [0.717, 1.165) is 0 Å². The van der Waals surface area contributed by atoms with Crippen LogP contribution >= 0.6 is 11.6 Å². The average Bonchev–Trinajstić information content (AvgIpc) is 2.46. The highest BCUT2D eigenvalue weighted by Gasteiger charge is 2.17. The fourth-order valence-corrected chi connectivity index (χ4v) is 1.95. The number of hydrogen-bond acceptors (Lipinski definition) is 3. The number of benzene rings is 2. The molecule has 0 aliphatic heterocycles. The number of ketones is 1. The van der Waals surface area contributed by atoms with E-state index >= 15 is 0 Å². The number of halogens is 1. The van der Waals surface area contributed by atoms with Crippen molar-refractivity contribution in [1.82, 2.24) is 0 Å². The first-order valence-electron chi connectivity index (χ1n) is 5.68. The fraction of sp³-hybridized carbons (Fsp3) is 0.133. The average molecular weight is 277 g/mol. The molecule has 0 unspecified atom stereocenters. The van der Waals surface area contributed by atoms with Gasteiger partial charge in [0.2, 0.25) is 0 Å². The molecule has 0 atom stereocenters. The van der Waals surface area contributed by atoms with Gasteiger partial charge in [-0.3, -0.25) is 4.79 Å². The molecule has 4 heteroatoms. The lowest BCUT2D eigenvalue weighted by molar-refractivity contribution is 0.103. The van der Waals surface area contributed by atoms with Crippen LogP contribution in [0.2, 0.25) is 5.02 Å². The number of carbonyl (C=O) groups excluding carboxylic acids is 1. The summed E-state index contributed by atoms with van der Waals surface area (Å²) < 4.78 is 10.4. The first-order chi connectivity index (χ1) is 9.17. The van der Waals surface area contributed by atoms with Crippen molar-refractivity contribution in [3.05, 3.63) is 58.6 Å². The Morgan fingerprint density at radius 3 is 2.26 bits per heavy atom. The van der Waals surface area contributed by atoms with Crippen molar-refractivity contribution < 1.29 is 14.3 Å². The SMILES string of the molecule is COc1cccc(C(=O)c2ccc(Cl)cc2)c1OC. The fourth-order valence-electron chi connectivity index (χ4n) is 1.82. The second kappa shape index (κ2) is 5.76. The molecule has 2 aromatic rings. The van der Waals surface area contributed by atoms with Crippen LogP contribution in [0.5, 0.6) is 11.5 Å². The summed E-state index contributed by atoms with van der Waals surface area (Å²) >= 11 is 5.81. The van der Waals surface area contributed by atoms with E-state index in [4.69, 9.17) is 21.1 Å². The highest BCUT2D eigenvalue weighted by molar-refractivity contribution is 6.30. The monoisotopic (exact) mass is 276 g/mol. The van der Waals surface area contributed by atoms with E-state index in [1.165, 1.54) is 14.2 Å². The van der Waals surface area contributed by atoms with Crippen molar-refractivity contribution in [2.24, 2.45) is 0 Å². The number of rotatable bonds is 4. The Labute approximate surface area is 116 Å². The Bertz CT molecular complexity index is 591. The van der Waals surface area contributed by atoms with Crippen molar-refractivity contribution in [1.29, 1.82) is 0 Å². The van der Waals surface area contributed by atoms with Crippen LogP contribution in [0.4, 0.5) is 0 Å². The van der Waals surface area contributed by atoms with Crippen LogP contribution in [0.25, 0.3) is 0 Å². The smallest absolute Gasteiger partial charge is 0.196 e. The van der Waals surface area contributed by atoms with Crippen molar-refractivity contribution >= 4 is 17.4 Å². The molecular formula is C15H13ClO3. The molecule has 0 fully saturated rings. The predicted octanol–water partition coefficient (Wildman–Crippen LogP) is 3.59. The van der Waals surface area contributed by atoms with E-state index < -0.39 is 0 Å². The minimum absolute atomic E-state index is 0.132. The Kier molecular flexibility index (Phi) is 4.07. The summed E-state index contributed by atoms with van der Waals surface area (Å²) in [5, 5.41) is 0.592. The van der Waals surface area contributed by atoms with Gasteiger partial charge in [0.05, 0.1) is 19.8 Å².